The maximum Gasteiger partial charge on any atom is 0.410 e. The quantitative estimate of drug-likeness (QED) is 0.183. The SMILES string of the molecule is CC(C)(C)[Si](C)(C)OCc1nc2cc(Cl)c(Cl)cc2n1CC(=O)C[C@@H]1[C@@H](O[Si](C)(C)C(C)(C)C)CCCN1C(=O)OCc1ccccc1. The van der Waals surface area contributed by atoms with E-state index < -0.39 is 28.8 Å². The van der Waals surface area contributed by atoms with Gasteiger partial charge in [0.15, 0.2) is 22.4 Å². The molecule has 1 aromatic heterocycles. The number of piperidine rings is 1. The van der Waals surface area contributed by atoms with Crippen LogP contribution in [0.1, 0.15) is 72.2 Å². The average molecular weight is 735 g/mol. The standard InChI is InChI=1S/C36H53Cl2N3O5Si2/c1-35(2,3)47(7,8)45-24-33-39-29-20-27(37)28(38)21-30(29)41(33)22-26(42)19-31-32(46-48(9,10)36(4,5)6)17-14-18-40(31)34(43)44-23-25-15-12-11-13-16-25/h11-13,15-16,20-21,31-32H,14,17-19,22-24H2,1-10H3/t31-,32+/m1/s1. The third-order valence-corrected chi connectivity index (χ3v) is 20.1. The summed E-state index contributed by atoms with van der Waals surface area (Å²) in [7, 11) is -4.35. The highest BCUT2D eigenvalue weighted by atomic mass is 35.5. The number of benzene rings is 2. The minimum absolute atomic E-state index is 0.00496. The number of imidazole rings is 1. The molecule has 2 heterocycles. The molecule has 1 aliphatic rings. The molecule has 4 rings (SSSR count). The highest BCUT2D eigenvalue weighted by molar-refractivity contribution is 6.74. The van der Waals surface area contributed by atoms with Gasteiger partial charge in [0.2, 0.25) is 0 Å². The van der Waals surface area contributed by atoms with Crippen LogP contribution in [0.4, 0.5) is 4.79 Å². The van der Waals surface area contributed by atoms with Crippen LogP contribution in [0.3, 0.4) is 0 Å². The summed E-state index contributed by atoms with van der Waals surface area (Å²) in [5.74, 6) is 0.587. The van der Waals surface area contributed by atoms with Crippen molar-refractivity contribution in [1.82, 2.24) is 14.5 Å². The molecular weight excluding hydrogens is 681 g/mol. The van der Waals surface area contributed by atoms with Crippen molar-refractivity contribution in [3.05, 3.63) is 63.9 Å². The van der Waals surface area contributed by atoms with Gasteiger partial charge in [-0.15, -0.1) is 0 Å². The topological polar surface area (TPSA) is 82.9 Å². The van der Waals surface area contributed by atoms with Gasteiger partial charge in [0.05, 0.1) is 46.4 Å². The van der Waals surface area contributed by atoms with E-state index in [2.05, 4.69) is 67.7 Å². The van der Waals surface area contributed by atoms with Crippen molar-refractivity contribution in [2.45, 2.75) is 129 Å². The zero-order chi connectivity index (χ0) is 35.7. The lowest BCUT2D eigenvalue weighted by molar-refractivity contribution is -0.122. The number of rotatable bonds is 11. The summed E-state index contributed by atoms with van der Waals surface area (Å²) in [6.45, 7) is 22.9. The Morgan fingerprint density at radius 3 is 2.17 bits per heavy atom. The Balaban J connectivity index is 1.64. The van der Waals surface area contributed by atoms with E-state index in [4.69, 9.17) is 41.8 Å². The number of halogens is 2. The largest absolute Gasteiger partial charge is 0.445 e. The molecule has 1 amide bonds. The zero-order valence-electron chi connectivity index (χ0n) is 30.3. The van der Waals surface area contributed by atoms with Gasteiger partial charge in [0, 0.05) is 13.0 Å². The summed E-state index contributed by atoms with van der Waals surface area (Å²) in [6.07, 6.45) is 0.925. The third kappa shape index (κ3) is 9.11. The van der Waals surface area contributed by atoms with Gasteiger partial charge >= 0.3 is 6.09 Å². The number of hydrogen-bond donors (Lipinski definition) is 0. The number of fused-ring (bicyclic) bond motifs is 1. The molecule has 0 aliphatic carbocycles. The molecule has 12 heteroatoms. The third-order valence-electron chi connectivity index (χ3n) is 10.4. The van der Waals surface area contributed by atoms with Crippen LogP contribution in [0.15, 0.2) is 42.5 Å². The predicted octanol–water partition coefficient (Wildman–Crippen LogP) is 10.0. The second-order valence-electron chi connectivity index (χ2n) is 16.0. The van der Waals surface area contributed by atoms with Crippen molar-refractivity contribution >= 4 is 62.7 Å². The maximum absolute atomic E-state index is 14.2. The molecule has 2 atom stereocenters. The van der Waals surface area contributed by atoms with E-state index in [0.29, 0.717) is 33.4 Å². The maximum atomic E-state index is 14.2. The van der Waals surface area contributed by atoms with Crippen LogP contribution in [-0.4, -0.2) is 61.7 Å². The molecule has 0 unspecified atom stereocenters. The van der Waals surface area contributed by atoms with Crippen LogP contribution in [0, 0.1) is 0 Å². The number of carbonyl (C=O) groups is 2. The molecule has 0 saturated carbocycles. The van der Waals surface area contributed by atoms with Gasteiger partial charge in [0.25, 0.3) is 0 Å². The molecular formula is C36H53Cl2N3O5Si2. The lowest BCUT2D eigenvalue weighted by atomic mass is 9.95. The summed E-state index contributed by atoms with van der Waals surface area (Å²) in [5.41, 5.74) is 2.26. The van der Waals surface area contributed by atoms with Crippen molar-refractivity contribution in [3.63, 3.8) is 0 Å². The smallest absolute Gasteiger partial charge is 0.410 e. The van der Waals surface area contributed by atoms with Gasteiger partial charge in [-0.2, -0.15) is 0 Å². The Labute approximate surface area is 298 Å². The fourth-order valence-electron chi connectivity index (χ4n) is 5.38. The average Bonchev–Trinajstić information content (AvgIpc) is 3.30. The molecule has 0 bridgehead atoms. The van der Waals surface area contributed by atoms with Crippen molar-refractivity contribution in [2.24, 2.45) is 0 Å². The van der Waals surface area contributed by atoms with Crippen LogP contribution >= 0.6 is 23.2 Å². The molecule has 0 N–H and O–H groups in total. The summed E-state index contributed by atoms with van der Waals surface area (Å²) >= 11 is 12.8. The van der Waals surface area contributed by atoms with E-state index in [1.165, 1.54) is 0 Å². The lowest BCUT2D eigenvalue weighted by Crippen LogP contribution is -2.56. The molecule has 264 valence electrons. The molecule has 1 aliphatic heterocycles. The van der Waals surface area contributed by atoms with E-state index in [0.717, 1.165) is 18.4 Å². The van der Waals surface area contributed by atoms with Crippen molar-refractivity contribution in [3.8, 4) is 0 Å². The van der Waals surface area contributed by atoms with Crippen LogP contribution in [-0.2, 0) is 38.1 Å². The number of carbonyl (C=O) groups excluding carboxylic acids is 2. The number of likely N-dealkylation sites (tertiary alicyclic amines) is 1. The molecule has 2 aromatic carbocycles. The number of ether oxygens (including phenoxy) is 1. The Morgan fingerprint density at radius 1 is 0.917 bits per heavy atom. The highest BCUT2D eigenvalue weighted by Crippen LogP contribution is 2.40. The summed E-state index contributed by atoms with van der Waals surface area (Å²) in [5, 5.41) is 0.754. The van der Waals surface area contributed by atoms with Crippen LogP contribution in [0.5, 0.6) is 0 Å². The number of hydrogen-bond acceptors (Lipinski definition) is 6. The van der Waals surface area contributed by atoms with E-state index in [-0.39, 0.29) is 48.1 Å². The molecule has 1 fully saturated rings. The van der Waals surface area contributed by atoms with Gasteiger partial charge < -0.3 is 23.1 Å². The summed E-state index contributed by atoms with van der Waals surface area (Å²) in [6, 6.07) is 12.6. The first kappa shape index (κ1) is 38.6. The first-order valence-corrected chi connectivity index (χ1v) is 23.4. The van der Waals surface area contributed by atoms with E-state index in [1.807, 2.05) is 34.9 Å². The summed E-state index contributed by atoms with van der Waals surface area (Å²) < 4.78 is 21.2. The Kier molecular flexibility index (Phi) is 12.0. The lowest BCUT2D eigenvalue weighted by Gasteiger charge is -2.46. The van der Waals surface area contributed by atoms with Crippen molar-refractivity contribution in [2.75, 3.05) is 6.54 Å². The first-order chi connectivity index (χ1) is 22.2. The molecule has 0 spiro atoms. The predicted molar refractivity (Wildman–Crippen MR) is 200 cm³/mol. The molecule has 3 aromatic rings. The Morgan fingerprint density at radius 2 is 1.54 bits per heavy atom. The van der Waals surface area contributed by atoms with Crippen molar-refractivity contribution in [1.29, 1.82) is 0 Å². The van der Waals surface area contributed by atoms with Crippen LogP contribution in [0.2, 0.25) is 46.3 Å². The highest BCUT2D eigenvalue weighted by Gasteiger charge is 2.45. The minimum atomic E-state index is -2.23. The van der Waals surface area contributed by atoms with Crippen molar-refractivity contribution < 1.29 is 23.2 Å². The van der Waals surface area contributed by atoms with E-state index >= 15 is 0 Å². The van der Waals surface area contributed by atoms with Gasteiger partial charge in [-0.05, 0) is 66.8 Å². The van der Waals surface area contributed by atoms with Gasteiger partial charge in [0.1, 0.15) is 12.4 Å². The Hall–Kier alpha value is -2.22. The van der Waals surface area contributed by atoms with Crippen LogP contribution in [0.25, 0.3) is 11.0 Å². The van der Waals surface area contributed by atoms with E-state index in [1.54, 1.807) is 17.0 Å². The normalized spacial score (nSPS) is 18.0. The molecule has 8 nitrogen and oxygen atoms in total. The number of Topliss-reactive ketones (excluding diaryl/α,β-unsaturated/α-hetero) is 1. The number of nitrogens with zero attached hydrogens (tertiary/aromatic N) is 3. The Bertz CT molecular complexity index is 1600. The zero-order valence-corrected chi connectivity index (χ0v) is 33.8. The molecule has 0 radical (unpaired) electrons. The first-order valence-electron chi connectivity index (χ1n) is 16.8. The van der Waals surface area contributed by atoms with Crippen LogP contribution < -0.4 is 0 Å². The fourth-order valence-corrected chi connectivity index (χ4v) is 8.00. The van der Waals surface area contributed by atoms with Gasteiger partial charge in [-0.3, -0.25) is 4.79 Å². The number of aromatic nitrogens is 2. The fraction of sp³-hybridized carbons (Fsp3) is 0.583. The molecule has 1 saturated heterocycles. The van der Waals surface area contributed by atoms with E-state index in [9.17, 15) is 9.59 Å². The molecule has 48 heavy (non-hydrogen) atoms. The second-order valence-corrected chi connectivity index (χ2v) is 26.4. The summed E-state index contributed by atoms with van der Waals surface area (Å²) in [4.78, 5) is 34.4. The number of ketones is 1. The number of amides is 1. The van der Waals surface area contributed by atoms with Gasteiger partial charge in [-0.25, -0.2) is 9.78 Å². The monoisotopic (exact) mass is 733 g/mol. The second kappa shape index (κ2) is 14.9. The van der Waals surface area contributed by atoms with Gasteiger partial charge in [-0.1, -0.05) is 95.1 Å². The minimum Gasteiger partial charge on any atom is -0.445 e.